The molecule has 3 aliphatic rings. The molecule has 2 bridgehead atoms. The Labute approximate surface area is 208 Å². The molecule has 35 heavy (non-hydrogen) atoms. The van der Waals surface area contributed by atoms with E-state index in [0.717, 1.165) is 12.8 Å². The molecule has 3 fully saturated rings. The van der Waals surface area contributed by atoms with Gasteiger partial charge in [-0.15, -0.1) is 0 Å². The van der Waals surface area contributed by atoms with Crippen LogP contribution < -0.4 is 10.2 Å². The van der Waals surface area contributed by atoms with Gasteiger partial charge in [0.15, 0.2) is 5.58 Å². The zero-order valence-electron chi connectivity index (χ0n) is 21.7. The fourth-order valence-corrected chi connectivity index (χ4v) is 6.47. The number of piperidine rings is 2. The second-order valence-corrected chi connectivity index (χ2v) is 11.2. The zero-order valence-corrected chi connectivity index (χ0v) is 21.7. The molecule has 1 aromatic carbocycles. The van der Waals surface area contributed by atoms with E-state index in [1.165, 1.54) is 19.3 Å². The van der Waals surface area contributed by atoms with Gasteiger partial charge in [-0.05, 0) is 58.7 Å². The summed E-state index contributed by atoms with van der Waals surface area (Å²) in [5.41, 5.74) is 1.79. The number of rotatable bonds is 4. The predicted molar refractivity (Wildman–Crippen MR) is 137 cm³/mol. The van der Waals surface area contributed by atoms with Gasteiger partial charge in [0.05, 0.1) is 5.56 Å². The van der Waals surface area contributed by atoms with Crippen molar-refractivity contribution in [3.05, 3.63) is 23.8 Å². The summed E-state index contributed by atoms with van der Waals surface area (Å²) < 4.78 is 6.17. The first-order chi connectivity index (χ1) is 16.7. The molecule has 0 spiro atoms. The van der Waals surface area contributed by atoms with Crippen LogP contribution in [0.25, 0.3) is 11.1 Å². The van der Waals surface area contributed by atoms with Crippen molar-refractivity contribution in [1.29, 1.82) is 0 Å². The van der Waals surface area contributed by atoms with Gasteiger partial charge in [0, 0.05) is 49.2 Å². The van der Waals surface area contributed by atoms with E-state index in [0.29, 0.717) is 47.9 Å². The molecular formula is C27H39N5O3. The maximum absolute atomic E-state index is 13.4. The van der Waals surface area contributed by atoms with Crippen LogP contribution in [0.15, 0.2) is 22.6 Å². The molecule has 4 unspecified atom stereocenters. The van der Waals surface area contributed by atoms with Crippen molar-refractivity contribution >= 4 is 28.9 Å². The molecule has 0 aliphatic carbocycles. The van der Waals surface area contributed by atoms with E-state index >= 15 is 0 Å². The highest BCUT2D eigenvalue weighted by Gasteiger charge is 2.38. The van der Waals surface area contributed by atoms with Crippen LogP contribution >= 0.6 is 0 Å². The Hall–Kier alpha value is -2.61. The van der Waals surface area contributed by atoms with E-state index in [1.807, 2.05) is 36.9 Å². The smallest absolute Gasteiger partial charge is 0.299 e. The van der Waals surface area contributed by atoms with Gasteiger partial charge in [0.25, 0.3) is 11.9 Å². The molecule has 3 saturated heterocycles. The Morgan fingerprint density at radius 1 is 1.09 bits per heavy atom. The molecule has 1 N–H and O–H groups in total. The van der Waals surface area contributed by atoms with E-state index < -0.39 is 0 Å². The van der Waals surface area contributed by atoms with Gasteiger partial charge in [-0.3, -0.25) is 9.59 Å². The first-order valence-corrected chi connectivity index (χ1v) is 13.2. The number of amides is 2. The van der Waals surface area contributed by atoms with E-state index in [-0.39, 0.29) is 35.9 Å². The zero-order chi connectivity index (χ0) is 24.9. The summed E-state index contributed by atoms with van der Waals surface area (Å²) in [5, 5.41) is 3.31. The molecule has 2 aromatic rings. The second-order valence-electron chi connectivity index (χ2n) is 11.2. The number of hydrogen-bond acceptors (Lipinski definition) is 6. The molecule has 4 heterocycles. The van der Waals surface area contributed by atoms with Crippen LogP contribution in [0.5, 0.6) is 0 Å². The minimum atomic E-state index is -0.0727. The average molecular weight is 482 g/mol. The largest absolute Gasteiger partial charge is 0.423 e. The predicted octanol–water partition coefficient (Wildman–Crippen LogP) is 3.65. The summed E-state index contributed by atoms with van der Waals surface area (Å²) in [4.78, 5) is 37.3. The third kappa shape index (κ3) is 4.53. The lowest BCUT2D eigenvalue weighted by molar-refractivity contribution is -0.135. The Morgan fingerprint density at radius 3 is 2.37 bits per heavy atom. The summed E-state index contributed by atoms with van der Waals surface area (Å²) in [6.07, 6.45) is 5.74. The van der Waals surface area contributed by atoms with Crippen LogP contribution in [0.1, 0.15) is 70.2 Å². The van der Waals surface area contributed by atoms with E-state index in [9.17, 15) is 9.59 Å². The number of carbonyl (C=O) groups excluding carboxylic acids is 2. The van der Waals surface area contributed by atoms with Crippen molar-refractivity contribution in [3.8, 4) is 0 Å². The second kappa shape index (κ2) is 9.45. The number of oxazole rings is 1. The Bertz CT molecular complexity index is 1070. The molecule has 1 aromatic heterocycles. The van der Waals surface area contributed by atoms with Gasteiger partial charge in [0.1, 0.15) is 5.52 Å². The van der Waals surface area contributed by atoms with Crippen LogP contribution in [0.4, 0.5) is 6.01 Å². The molecule has 3 aliphatic heterocycles. The minimum absolute atomic E-state index is 0.0181. The van der Waals surface area contributed by atoms with E-state index in [2.05, 4.69) is 36.0 Å². The third-order valence-corrected chi connectivity index (χ3v) is 8.27. The van der Waals surface area contributed by atoms with Gasteiger partial charge in [0.2, 0.25) is 5.91 Å². The SMILES string of the molecule is CC(C)C(=O)N1CC(C)N(c2nc3c(C(=O)NC4CC5CCCC(C4)N5C)cccc3o2)C(C)C1. The fraction of sp³-hybridized carbons (Fsp3) is 0.667. The lowest BCUT2D eigenvalue weighted by Crippen LogP contribution is -2.59. The number of piperazine rings is 1. The Morgan fingerprint density at radius 2 is 1.74 bits per heavy atom. The van der Waals surface area contributed by atoms with Crippen LogP contribution in [-0.2, 0) is 4.79 Å². The van der Waals surface area contributed by atoms with Gasteiger partial charge in [-0.25, -0.2) is 0 Å². The van der Waals surface area contributed by atoms with Crippen LogP contribution in [0, 0.1) is 5.92 Å². The molecule has 5 rings (SSSR count). The number of hydrogen-bond donors (Lipinski definition) is 1. The summed E-state index contributed by atoms with van der Waals surface area (Å²) in [5.74, 6) is 0.0879. The minimum Gasteiger partial charge on any atom is -0.423 e. The van der Waals surface area contributed by atoms with E-state index in [4.69, 9.17) is 9.40 Å². The van der Waals surface area contributed by atoms with E-state index in [1.54, 1.807) is 0 Å². The van der Waals surface area contributed by atoms with Crippen molar-refractivity contribution in [2.45, 2.75) is 90.0 Å². The number of para-hydroxylation sites is 1. The maximum Gasteiger partial charge on any atom is 0.299 e. The number of carbonyl (C=O) groups is 2. The fourth-order valence-electron chi connectivity index (χ4n) is 6.47. The lowest BCUT2D eigenvalue weighted by atomic mass is 9.82. The lowest BCUT2D eigenvalue weighted by Gasteiger charge is -2.47. The monoisotopic (exact) mass is 481 g/mol. The number of fused-ring (bicyclic) bond motifs is 3. The van der Waals surface area contributed by atoms with Gasteiger partial charge in [-0.2, -0.15) is 4.98 Å². The Balaban J connectivity index is 1.34. The van der Waals surface area contributed by atoms with Crippen molar-refractivity contribution in [3.63, 3.8) is 0 Å². The van der Waals surface area contributed by atoms with Crippen LogP contribution in [0.3, 0.4) is 0 Å². The topological polar surface area (TPSA) is 81.9 Å². The highest BCUT2D eigenvalue weighted by Crippen LogP contribution is 2.33. The number of nitrogens with zero attached hydrogens (tertiary/aromatic N) is 4. The molecule has 8 heteroatoms. The van der Waals surface area contributed by atoms with Crippen LogP contribution in [-0.4, -0.2) is 76.9 Å². The maximum atomic E-state index is 13.4. The summed E-state index contributed by atoms with van der Waals surface area (Å²) in [6, 6.07) is 7.53. The molecule has 0 radical (unpaired) electrons. The number of aromatic nitrogens is 1. The number of nitrogens with one attached hydrogen (secondary N) is 1. The van der Waals surface area contributed by atoms with Crippen LogP contribution in [0.2, 0.25) is 0 Å². The molecule has 4 atom stereocenters. The van der Waals surface area contributed by atoms with Crippen molar-refractivity contribution in [1.82, 2.24) is 20.1 Å². The van der Waals surface area contributed by atoms with Crippen molar-refractivity contribution in [2.75, 3.05) is 25.0 Å². The Kier molecular flexibility index (Phi) is 6.51. The van der Waals surface area contributed by atoms with Gasteiger partial charge in [-0.1, -0.05) is 26.3 Å². The van der Waals surface area contributed by atoms with Crippen molar-refractivity contribution < 1.29 is 14.0 Å². The third-order valence-electron chi connectivity index (χ3n) is 8.27. The molecule has 8 nitrogen and oxygen atoms in total. The normalized spacial score (nSPS) is 29.6. The quantitative estimate of drug-likeness (QED) is 0.718. The molecule has 190 valence electrons. The average Bonchev–Trinajstić information content (AvgIpc) is 3.22. The molecule has 2 amide bonds. The summed E-state index contributed by atoms with van der Waals surface area (Å²) in [7, 11) is 2.23. The molecule has 0 saturated carbocycles. The van der Waals surface area contributed by atoms with Gasteiger partial charge < -0.3 is 24.4 Å². The highest BCUT2D eigenvalue weighted by atomic mass is 16.4. The first kappa shape index (κ1) is 24.1. The molecular weight excluding hydrogens is 442 g/mol. The summed E-state index contributed by atoms with van der Waals surface area (Å²) >= 11 is 0. The number of benzene rings is 1. The number of anilines is 1. The summed E-state index contributed by atoms with van der Waals surface area (Å²) in [6.45, 7) is 9.33. The van der Waals surface area contributed by atoms with Gasteiger partial charge >= 0.3 is 0 Å². The first-order valence-electron chi connectivity index (χ1n) is 13.2. The van der Waals surface area contributed by atoms with Crippen molar-refractivity contribution in [2.24, 2.45) is 5.92 Å². The standard InChI is InChI=1S/C27H39N5O3/c1-16(2)26(34)31-14-17(3)32(18(4)15-31)27-29-24-22(10-7-11-23(24)35-27)25(33)28-19-12-20-8-6-9-21(13-19)30(20)5/h7,10-11,16-21H,6,8-9,12-15H2,1-5H3,(H,28,33). The highest BCUT2D eigenvalue weighted by molar-refractivity contribution is 6.04.